The number of piperidine rings is 1. The lowest BCUT2D eigenvalue weighted by molar-refractivity contribution is -0.0202. The van der Waals surface area contributed by atoms with Gasteiger partial charge in [0.25, 0.3) is 0 Å². The van der Waals surface area contributed by atoms with Crippen LogP contribution in [-0.4, -0.2) is 47.3 Å². The van der Waals surface area contributed by atoms with E-state index >= 15 is 0 Å². The van der Waals surface area contributed by atoms with Gasteiger partial charge in [0.15, 0.2) is 0 Å². The predicted molar refractivity (Wildman–Crippen MR) is 152 cm³/mol. The number of H-pyrrole nitrogens is 1. The van der Waals surface area contributed by atoms with Crippen molar-refractivity contribution in [3.8, 4) is 5.75 Å². The molecule has 1 fully saturated rings. The number of aromatic nitrogens is 1. The smallest absolute Gasteiger partial charge is 0.335 e. The van der Waals surface area contributed by atoms with Gasteiger partial charge in [-0.3, -0.25) is 4.90 Å². The second kappa shape index (κ2) is 12.2. The Balaban J connectivity index is 1.54. The van der Waals surface area contributed by atoms with Crippen LogP contribution in [0.25, 0.3) is 17.0 Å². The number of fused-ring (bicyclic) bond motifs is 5. The van der Waals surface area contributed by atoms with Crippen LogP contribution in [0, 0.1) is 6.92 Å². The number of aromatic amines is 1. The second-order valence-electron chi connectivity index (χ2n) is 10.8. The largest absolute Gasteiger partial charge is 0.496 e. The van der Waals surface area contributed by atoms with E-state index in [4.69, 9.17) is 9.47 Å². The number of aromatic carboxylic acids is 1. The average Bonchev–Trinajstić information content (AvgIpc) is 3.42. The second-order valence-corrected chi connectivity index (χ2v) is 10.8. The first-order chi connectivity index (χ1) is 18.5. The van der Waals surface area contributed by atoms with Gasteiger partial charge < -0.3 is 19.6 Å². The normalized spacial score (nSPS) is 22.3. The molecule has 0 unspecified atom stereocenters. The summed E-state index contributed by atoms with van der Waals surface area (Å²) < 4.78 is 12.3. The van der Waals surface area contributed by atoms with E-state index in [1.807, 2.05) is 18.3 Å². The van der Waals surface area contributed by atoms with Gasteiger partial charge in [-0.1, -0.05) is 37.5 Å². The van der Waals surface area contributed by atoms with Crippen molar-refractivity contribution in [3.05, 3.63) is 70.4 Å². The number of hydrogen-bond donors (Lipinski definition) is 2. The van der Waals surface area contributed by atoms with Gasteiger partial charge in [-0.15, -0.1) is 0 Å². The fraction of sp³-hybridized carbons (Fsp3) is 0.469. The Kier molecular flexibility index (Phi) is 8.50. The molecule has 1 aromatic heterocycles. The van der Waals surface area contributed by atoms with Crippen molar-refractivity contribution in [2.45, 2.75) is 77.0 Å². The number of carbonyl (C=O) groups is 1. The average molecular weight is 517 g/mol. The standard InChI is InChI=1S/C32H40N2O4/c1-22-18-30(37-2)28(27-13-15-33-31(22)27)21-34-16-14-25-20-29(34)26-12-11-24(32(35)36)19-23(26)10-8-6-4-3-5-7-9-17-38-25/h8,10-13,15,18-19,25,29,33H,3-7,9,14,16-17,20-21H2,1-2H3,(H,35,36)/b10-8-/t25-,29-/m0/s1. The van der Waals surface area contributed by atoms with Crippen LogP contribution in [0.15, 0.2) is 42.6 Å². The molecule has 2 aromatic carbocycles. The zero-order chi connectivity index (χ0) is 26.5. The van der Waals surface area contributed by atoms with Crippen LogP contribution < -0.4 is 4.74 Å². The van der Waals surface area contributed by atoms with Gasteiger partial charge in [-0.2, -0.15) is 0 Å². The van der Waals surface area contributed by atoms with E-state index in [9.17, 15) is 9.90 Å². The minimum absolute atomic E-state index is 0.112. The number of rotatable bonds is 4. The number of allylic oxidation sites excluding steroid dienone is 1. The van der Waals surface area contributed by atoms with Crippen molar-refractivity contribution >= 4 is 22.9 Å². The van der Waals surface area contributed by atoms with Crippen molar-refractivity contribution in [1.29, 1.82) is 0 Å². The number of hydrogen-bond acceptors (Lipinski definition) is 4. The van der Waals surface area contributed by atoms with Gasteiger partial charge in [0.2, 0.25) is 0 Å². The molecular weight excluding hydrogens is 476 g/mol. The van der Waals surface area contributed by atoms with Crippen LogP contribution in [0.2, 0.25) is 0 Å². The first-order valence-electron chi connectivity index (χ1n) is 14.1. The molecule has 0 amide bonds. The van der Waals surface area contributed by atoms with Crippen LogP contribution in [-0.2, 0) is 11.3 Å². The summed E-state index contributed by atoms with van der Waals surface area (Å²) in [4.78, 5) is 17.8. The first kappa shape index (κ1) is 26.5. The Morgan fingerprint density at radius 3 is 2.84 bits per heavy atom. The summed E-state index contributed by atoms with van der Waals surface area (Å²) in [5.74, 6) is 0.0181. The summed E-state index contributed by atoms with van der Waals surface area (Å²) >= 11 is 0. The van der Waals surface area contributed by atoms with Crippen LogP contribution in [0.5, 0.6) is 5.75 Å². The van der Waals surface area contributed by atoms with E-state index in [-0.39, 0.29) is 12.1 Å². The van der Waals surface area contributed by atoms with Gasteiger partial charge in [0.05, 0.1) is 18.8 Å². The molecule has 2 aliphatic heterocycles. The Bertz CT molecular complexity index is 1290. The summed E-state index contributed by atoms with van der Waals surface area (Å²) in [5, 5.41) is 10.9. The number of aryl methyl sites for hydroxylation is 1. The lowest BCUT2D eigenvalue weighted by Gasteiger charge is -2.40. The minimum Gasteiger partial charge on any atom is -0.496 e. The van der Waals surface area contributed by atoms with Crippen molar-refractivity contribution in [2.75, 3.05) is 20.3 Å². The quantitative estimate of drug-likeness (QED) is 0.381. The molecule has 0 radical (unpaired) electrons. The Morgan fingerprint density at radius 2 is 2.00 bits per heavy atom. The third-order valence-corrected chi connectivity index (χ3v) is 8.22. The molecule has 1 saturated heterocycles. The molecule has 6 heteroatoms. The fourth-order valence-electron chi connectivity index (χ4n) is 6.14. The first-order valence-corrected chi connectivity index (χ1v) is 14.1. The van der Waals surface area contributed by atoms with E-state index in [1.54, 1.807) is 13.2 Å². The summed E-state index contributed by atoms with van der Waals surface area (Å²) in [6.07, 6.45) is 15.4. The fourth-order valence-corrected chi connectivity index (χ4v) is 6.14. The molecule has 2 aliphatic rings. The van der Waals surface area contributed by atoms with E-state index in [2.05, 4.69) is 41.1 Å². The molecule has 2 atom stereocenters. The highest BCUT2D eigenvalue weighted by Gasteiger charge is 2.32. The minimum atomic E-state index is -0.891. The number of nitrogens with zero attached hydrogens (tertiary/aromatic N) is 1. The molecule has 0 spiro atoms. The highest BCUT2D eigenvalue weighted by atomic mass is 16.5. The number of methoxy groups -OCH3 is 1. The zero-order valence-corrected chi connectivity index (χ0v) is 22.7. The Hall–Kier alpha value is -3.09. The number of benzene rings is 2. The van der Waals surface area contributed by atoms with E-state index in [0.29, 0.717) is 5.56 Å². The number of ether oxygens (including phenoxy) is 2. The molecule has 3 heterocycles. The highest BCUT2D eigenvalue weighted by molar-refractivity contribution is 5.89. The molecule has 2 N–H and O–H groups in total. The number of nitrogens with one attached hydrogen (secondary N) is 1. The van der Waals surface area contributed by atoms with E-state index < -0.39 is 5.97 Å². The summed E-state index contributed by atoms with van der Waals surface area (Å²) in [7, 11) is 1.74. The molecule has 3 aromatic rings. The van der Waals surface area contributed by atoms with Crippen LogP contribution in [0.3, 0.4) is 0 Å². The van der Waals surface area contributed by atoms with Gasteiger partial charge in [0.1, 0.15) is 5.75 Å². The molecule has 202 valence electrons. The Labute approximate surface area is 225 Å². The van der Waals surface area contributed by atoms with Crippen LogP contribution in [0.1, 0.15) is 90.0 Å². The molecule has 0 saturated carbocycles. The molecular formula is C32H40N2O4. The lowest BCUT2D eigenvalue weighted by Crippen LogP contribution is -2.40. The zero-order valence-electron chi connectivity index (χ0n) is 22.7. The highest BCUT2D eigenvalue weighted by Crippen LogP contribution is 2.39. The van der Waals surface area contributed by atoms with Crippen molar-refractivity contribution < 1.29 is 19.4 Å². The number of carboxylic acid groups (broad SMARTS) is 1. The maximum absolute atomic E-state index is 11.8. The Morgan fingerprint density at radius 1 is 1.16 bits per heavy atom. The summed E-state index contributed by atoms with van der Waals surface area (Å²) in [6.45, 7) is 4.58. The van der Waals surface area contributed by atoms with Crippen LogP contribution in [0.4, 0.5) is 0 Å². The molecule has 5 rings (SSSR count). The summed E-state index contributed by atoms with van der Waals surface area (Å²) in [6, 6.07) is 9.99. The van der Waals surface area contributed by atoms with Crippen molar-refractivity contribution in [2.24, 2.45) is 0 Å². The molecule has 2 bridgehead atoms. The lowest BCUT2D eigenvalue weighted by atomic mass is 9.88. The molecule has 0 aliphatic carbocycles. The maximum Gasteiger partial charge on any atom is 0.335 e. The monoisotopic (exact) mass is 516 g/mol. The van der Waals surface area contributed by atoms with Crippen LogP contribution >= 0.6 is 0 Å². The van der Waals surface area contributed by atoms with Gasteiger partial charge >= 0.3 is 5.97 Å². The molecule has 38 heavy (non-hydrogen) atoms. The van der Waals surface area contributed by atoms with Crippen molar-refractivity contribution in [3.63, 3.8) is 0 Å². The third kappa shape index (κ3) is 5.82. The van der Waals surface area contributed by atoms with Crippen molar-refractivity contribution in [1.82, 2.24) is 9.88 Å². The van der Waals surface area contributed by atoms with Gasteiger partial charge in [-0.05, 0) is 80.0 Å². The predicted octanol–water partition coefficient (Wildman–Crippen LogP) is 7.27. The maximum atomic E-state index is 11.8. The molecule has 6 nitrogen and oxygen atoms in total. The SMILES string of the molecule is COc1cc(C)c2[nH]ccc2c1CN1CC[C@H]2C[C@H]1c1ccc(C(=O)O)cc1/C=C\CCCCCCCO2. The van der Waals surface area contributed by atoms with Gasteiger partial charge in [-0.25, -0.2) is 4.79 Å². The number of carboxylic acids is 1. The number of likely N-dealkylation sites (tertiary alicyclic amines) is 1. The third-order valence-electron chi connectivity index (χ3n) is 8.22. The topological polar surface area (TPSA) is 74.8 Å². The summed E-state index contributed by atoms with van der Waals surface area (Å²) in [5.41, 5.74) is 6.00. The van der Waals surface area contributed by atoms with Gasteiger partial charge in [0, 0.05) is 48.4 Å². The van der Waals surface area contributed by atoms with E-state index in [0.717, 1.165) is 68.6 Å². The van der Waals surface area contributed by atoms with E-state index in [1.165, 1.54) is 41.3 Å².